The summed E-state index contributed by atoms with van der Waals surface area (Å²) in [5.74, 6) is -2.56. The molecule has 0 amide bonds. The van der Waals surface area contributed by atoms with Gasteiger partial charge in [0.05, 0.1) is 35.6 Å². The maximum Gasteiger partial charge on any atom is 0.284 e. The van der Waals surface area contributed by atoms with Crippen LogP contribution in [-0.2, 0) is 13.1 Å². The summed E-state index contributed by atoms with van der Waals surface area (Å²) in [6, 6.07) is 4.40. The van der Waals surface area contributed by atoms with Crippen molar-refractivity contribution >= 4 is 46.8 Å². The molecule has 0 atom stereocenters. The van der Waals surface area contributed by atoms with Crippen LogP contribution >= 0.6 is 35.1 Å². The Morgan fingerprint density at radius 3 is 2.17 bits per heavy atom. The van der Waals surface area contributed by atoms with Crippen LogP contribution < -0.4 is 9.80 Å². The van der Waals surface area contributed by atoms with Gasteiger partial charge in [0.2, 0.25) is 0 Å². The third kappa shape index (κ3) is 6.13. The summed E-state index contributed by atoms with van der Waals surface area (Å²) in [5.41, 5.74) is 2.29. The van der Waals surface area contributed by atoms with Gasteiger partial charge in [-0.3, -0.25) is 4.68 Å². The van der Waals surface area contributed by atoms with E-state index in [1.807, 2.05) is 38.9 Å². The molecule has 1 spiro atoms. The molecular formula is C29H37ClF2N8S2. The number of halogens is 3. The summed E-state index contributed by atoms with van der Waals surface area (Å²) in [5, 5.41) is 24.7. The number of allylic oxidation sites excluding steroid dienone is 2. The molecule has 5 rings (SSSR count). The first-order valence-corrected chi connectivity index (χ1v) is 16.7. The minimum absolute atomic E-state index is 0.0319. The van der Waals surface area contributed by atoms with Gasteiger partial charge in [-0.05, 0) is 42.8 Å². The molecule has 1 fully saturated rings. The van der Waals surface area contributed by atoms with Gasteiger partial charge in [0.15, 0.2) is 16.8 Å². The van der Waals surface area contributed by atoms with E-state index in [4.69, 9.17) is 11.6 Å². The second-order valence-electron chi connectivity index (χ2n) is 9.79. The second-order valence-corrected chi connectivity index (χ2v) is 11.8. The van der Waals surface area contributed by atoms with Gasteiger partial charge in [-0.25, -0.2) is 18.7 Å². The van der Waals surface area contributed by atoms with Crippen LogP contribution in [-0.4, -0.2) is 57.8 Å². The van der Waals surface area contributed by atoms with Gasteiger partial charge < -0.3 is 9.80 Å². The molecule has 2 aliphatic heterocycles. The SMILES string of the molecule is C=C(C#N)C1=C(SC)CCC12CN(c1nc(SC)nc(N3Cc4c(Cl)c(C)nn4CC(F)(F)C3)c1C#N)C2.CC.CC. The molecule has 0 aromatic carbocycles. The van der Waals surface area contributed by atoms with E-state index >= 15 is 8.78 Å². The largest absolute Gasteiger partial charge is 0.353 e. The summed E-state index contributed by atoms with van der Waals surface area (Å²) in [6.45, 7) is 13.6. The average Bonchev–Trinajstić information content (AvgIpc) is 3.44. The van der Waals surface area contributed by atoms with Crippen molar-refractivity contribution in [3.63, 3.8) is 0 Å². The molecule has 1 aliphatic carbocycles. The van der Waals surface area contributed by atoms with Crippen molar-refractivity contribution < 1.29 is 8.78 Å². The lowest BCUT2D eigenvalue weighted by molar-refractivity contribution is -0.00836. The molecule has 226 valence electrons. The molecule has 13 heteroatoms. The Labute approximate surface area is 260 Å². The molecule has 0 unspecified atom stereocenters. The summed E-state index contributed by atoms with van der Waals surface area (Å²) >= 11 is 9.35. The zero-order valence-corrected chi connectivity index (χ0v) is 27.6. The minimum atomic E-state index is -3.12. The average molecular weight is 635 g/mol. The Hall–Kier alpha value is -2.80. The number of nitriles is 2. The Morgan fingerprint density at radius 2 is 1.62 bits per heavy atom. The number of fused-ring (bicyclic) bond motifs is 1. The van der Waals surface area contributed by atoms with Crippen LogP contribution in [0.25, 0.3) is 0 Å². The lowest BCUT2D eigenvalue weighted by atomic mass is 9.72. The van der Waals surface area contributed by atoms with Crippen LogP contribution in [0, 0.1) is 35.0 Å². The van der Waals surface area contributed by atoms with Gasteiger partial charge in [-0.1, -0.05) is 57.6 Å². The predicted molar refractivity (Wildman–Crippen MR) is 168 cm³/mol. The number of thioether (sulfide) groups is 2. The molecule has 0 bridgehead atoms. The molecule has 8 nitrogen and oxygen atoms in total. The minimum Gasteiger partial charge on any atom is -0.353 e. The van der Waals surface area contributed by atoms with Crippen LogP contribution in [0.4, 0.5) is 20.4 Å². The number of nitrogens with zero attached hydrogens (tertiary/aromatic N) is 8. The van der Waals surface area contributed by atoms with Crippen LogP contribution in [0.5, 0.6) is 0 Å². The van der Waals surface area contributed by atoms with Crippen LogP contribution in [0.3, 0.4) is 0 Å². The van der Waals surface area contributed by atoms with E-state index in [9.17, 15) is 10.5 Å². The lowest BCUT2D eigenvalue weighted by Crippen LogP contribution is -2.57. The fourth-order valence-electron chi connectivity index (χ4n) is 5.69. The standard InChI is InChI=1S/C25H25ClF2N8S2.2C2H6/c1-14(7-29)19-18(37-3)5-6-24(19)10-35(11-24)22-16(8-30)21(31-23(32-22)38-4)34-9-17-20(26)15(2)33-36(17)13-25(27,28)12-34;2*1-2/h1,5-6,9-13H2,2-4H3;2*1-2H3. The normalized spacial score (nSPS) is 18.0. The van der Waals surface area contributed by atoms with E-state index in [0.717, 1.165) is 18.4 Å². The maximum atomic E-state index is 15.1. The number of alkyl halides is 2. The quantitative estimate of drug-likeness (QED) is 0.192. The highest BCUT2D eigenvalue weighted by Crippen LogP contribution is 2.55. The highest BCUT2D eigenvalue weighted by atomic mass is 35.5. The molecule has 42 heavy (non-hydrogen) atoms. The van der Waals surface area contributed by atoms with Crippen LogP contribution in [0.1, 0.15) is 57.5 Å². The van der Waals surface area contributed by atoms with Crippen molar-refractivity contribution in [2.24, 2.45) is 5.41 Å². The highest BCUT2D eigenvalue weighted by Gasteiger charge is 2.52. The van der Waals surface area contributed by atoms with Crippen molar-refractivity contribution in [3.8, 4) is 12.1 Å². The summed E-state index contributed by atoms with van der Waals surface area (Å²) < 4.78 is 31.4. The molecule has 0 radical (unpaired) electrons. The smallest absolute Gasteiger partial charge is 0.284 e. The van der Waals surface area contributed by atoms with Crippen molar-refractivity contribution in [2.45, 2.75) is 71.6 Å². The van der Waals surface area contributed by atoms with Crippen molar-refractivity contribution in [3.05, 3.63) is 44.6 Å². The lowest BCUT2D eigenvalue weighted by Gasteiger charge is -2.50. The molecule has 0 N–H and O–H groups in total. The summed E-state index contributed by atoms with van der Waals surface area (Å²) in [6.07, 6.45) is 5.56. The number of aromatic nitrogens is 4. The van der Waals surface area contributed by atoms with Gasteiger partial charge >= 0.3 is 0 Å². The van der Waals surface area contributed by atoms with Gasteiger partial charge in [0.1, 0.15) is 18.2 Å². The van der Waals surface area contributed by atoms with Gasteiger partial charge in [0, 0.05) is 24.1 Å². The molecule has 2 aromatic rings. The summed E-state index contributed by atoms with van der Waals surface area (Å²) in [4.78, 5) is 13.7. The van der Waals surface area contributed by atoms with E-state index in [1.165, 1.54) is 26.2 Å². The van der Waals surface area contributed by atoms with Crippen LogP contribution in [0.2, 0.25) is 5.02 Å². The molecule has 2 aromatic heterocycles. The monoisotopic (exact) mass is 634 g/mol. The van der Waals surface area contributed by atoms with Gasteiger partial charge in [0.25, 0.3) is 5.92 Å². The fraction of sp³-hybridized carbons (Fsp3) is 0.552. The highest BCUT2D eigenvalue weighted by molar-refractivity contribution is 8.02. The molecule has 0 saturated carbocycles. The zero-order valence-electron chi connectivity index (χ0n) is 25.2. The molecule has 3 aliphatic rings. The first-order chi connectivity index (χ1) is 20.1. The van der Waals surface area contributed by atoms with Crippen LogP contribution in [0.15, 0.2) is 27.8 Å². The number of aryl methyl sites for hydroxylation is 1. The van der Waals surface area contributed by atoms with E-state index in [2.05, 4.69) is 33.8 Å². The number of rotatable bonds is 5. The molecular weight excluding hydrogens is 598 g/mol. The zero-order chi connectivity index (χ0) is 31.4. The molecule has 1 saturated heterocycles. The first kappa shape index (κ1) is 33.7. The van der Waals surface area contributed by atoms with E-state index in [1.54, 1.807) is 24.9 Å². The van der Waals surface area contributed by atoms with E-state index in [0.29, 0.717) is 46.0 Å². The first-order valence-electron chi connectivity index (χ1n) is 13.9. The second kappa shape index (κ2) is 13.7. The number of hydrogen-bond acceptors (Lipinski definition) is 9. The third-order valence-corrected chi connectivity index (χ3v) is 9.29. The Morgan fingerprint density at radius 1 is 1.00 bits per heavy atom. The van der Waals surface area contributed by atoms with E-state index < -0.39 is 19.0 Å². The van der Waals surface area contributed by atoms with Gasteiger partial charge in [-0.2, -0.15) is 15.6 Å². The Balaban J connectivity index is 0.00000116. The maximum absolute atomic E-state index is 15.1. The Kier molecular flexibility index (Phi) is 11.0. The molecule has 4 heterocycles. The van der Waals surface area contributed by atoms with Crippen molar-refractivity contribution in [2.75, 3.05) is 41.9 Å². The number of hydrogen-bond donors (Lipinski definition) is 0. The fourth-order valence-corrected chi connectivity index (χ4v) is 7.09. The third-order valence-electron chi connectivity index (χ3n) is 7.35. The van der Waals surface area contributed by atoms with Crippen molar-refractivity contribution in [1.82, 2.24) is 19.7 Å². The van der Waals surface area contributed by atoms with Gasteiger partial charge in [-0.15, -0.1) is 11.8 Å². The summed E-state index contributed by atoms with van der Waals surface area (Å²) in [7, 11) is 0. The number of anilines is 2. The van der Waals surface area contributed by atoms with E-state index in [-0.39, 0.29) is 23.3 Å². The topological polar surface area (TPSA) is 97.7 Å². The van der Waals surface area contributed by atoms with Crippen molar-refractivity contribution in [1.29, 1.82) is 10.5 Å². The Bertz CT molecular complexity index is 1450. The predicted octanol–water partition coefficient (Wildman–Crippen LogP) is 7.23.